The van der Waals surface area contributed by atoms with Crippen molar-refractivity contribution in [2.45, 2.75) is 26.3 Å². The van der Waals surface area contributed by atoms with Gasteiger partial charge in [-0.25, -0.2) is 0 Å². The predicted molar refractivity (Wildman–Crippen MR) is 115 cm³/mol. The summed E-state index contributed by atoms with van der Waals surface area (Å²) in [7, 11) is 0. The number of carbonyl (C=O) groups is 1. The highest BCUT2D eigenvalue weighted by atomic mass is 16.1. The van der Waals surface area contributed by atoms with E-state index in [4.69, 9.17) is 0 Å². The number of nitrogens with one attached hydrogen (secondary N) is 2. The Morgan fingerprint density at radius 2 is 1.90 bits per heavy atom. The molecule has 29 heavy (non-hydrogen) atoms. The molecule has 0 saturated heterocycles. The molecule has 1 atom stereocenters. The Labute approximate surface area is 169 Å². The van der Waals surface area contributed by atoms with Gasteiger partial charge in [0.1, 0.15) is 0 Å². The standard InChI is InChI=1S/C24H22N4O/c1-14(2)20-12-23-18(24(29)28-20)11-22(27-23)16-7-8-25-21(10-16)17-9-15-5-3-4-6-19(15)26-13-17/h3-11,13-14,20,27H,12H2,1-2H3,(H,28,29). The Hall–Kier alpha value is -3.47. The van der Waals surface area contributed by atoms with E-state index in [1.165, 1.54) is 0 Å². The first-order chi connectivity index (χ1) is 14.1. The van der Waals surface area contributed by atoms with Gasteiger partial charge >= 0.3 is 0 Å². The lowest BCUT2D eigenvalue weighted by Gasteiger charge is -2.26. The fourth-order valence-electron chi connectivity index (χ4n) is 3.90. The minimum absolute atomic E-state index is 0.000425. The molecule has 144 valence electrons. The van der Waals surface area contributed by atoms with Crippen molar-refractivity contribution in [3.63, 3.8) is 0 Å². The van der Waals surface area contributed by atoms with Gasteiger partial charge in [-0.05, 0) is 36.2 Å². The van der Waals surface area contributed by atoms with Gasteiger partial charge in [0.05, 0.1) is 16.8 Å². The van der Waals surface area contributed by atoms with Gasteiger partial charge < -0.3 is 10.3 Å². The monoisotopic (exact) mass is 382 g/mol. The summed E-state index contributed by atoms with van der Waals surface area (Å²) in [5, 5.41) is 4.20. The maximum absolute atomic E-state index is 12.5. The van der Waals surface area contributed by atoms with Crippen molar-refractivity contribution in [2.75, 3.05) is 0 Å². The van der Waals surface area contributed by atoms with Crippen LogP contribution in [0.5, 0.6) is 0 Å². The summed E-state index contributed by atoms with van der Waals surface area (Å²) in [5.74, 6) is 0.396. The summed E-state index contributed by atoms with van der Waals surface area (Å²) >= 11 is 0. The van der Waals surface area contributed by atoms with E-state index in [1.807, 2.05) is 42.6 Å². The number of hydrogen-bond donors (Lipinski definition) is 2. The Morgan fingerprint density at radius 3 is 2.76 bits per heavy atom. The molecule has 5 rings (SSSR count). The van der Waals surface area contributed by atoms with Crippen LogP contribution in [0.15, 0.2) is 60.9 Å². The largest absolute Gasteiger partial charge is 0.358 e. The molecule has 2 N–H and O–H groups in total. The molecular weight excluding hydrogens is 360 g/mol. The first-order valence-electron chi connectivity index (χ1n) is 9.93. The number of pyridine rings is 2. The van der Waals surface area contributed by atoms with Gasteiger partial charge in [0.2, 0.25) is 0 Å². The van der Waals surface area contributed by atoms with Gasteiger partial charge in [-0.15, -0.1) is 0 Å². The lowest BCUT2D eigenvalue weighted by Crippen LogP contribution is -2.44. The minimum Gasteiger partial charge on any atom is -0.358 e. The molecule has 1 amide bonds. The highest BCUT2D eigenvalue weighted by Gasteiger charge is 2.28. The van der Waals surface area contributed by atoms with Crippen LogP contribution in [0, 0.1) is 5.92 Å². The van der Waals surface area contributed by atoms with Crippen molar-refractivity contribution in [3.8, 4) is 22.5 Å². The Bertz CT molecular complexity index is 1220. The van der Waals surface area contributed by atoms with Crippen molar-refractivity contribution in [1.29, 1.82) is 0 Å². The summed E-state index contributed by atoms with van der Waals surface area (Å²) in [5.41, 5.74) is 6.49. The van der Waals surface area contributed by atoms with Crippen LogP contribution in [-0.2, 0) is 6.42 Å². The second-order valence-corrected chi connectivity index (χ2v) is 7.95. The highest BCUT2D eigenvalue weighted by molar-refractivity contribution is 5.98. The third kappa shape index (κ3) is 3.18. The number of amides is 1. The number of para-hydroxylation sites is 1. The molecule has 3 aromatic heterocycles. The third-order valence-electron chi connectivity index (χ3n) is 5.65. The van der Waals surface area contributed by atoms with Crippen LogP contribution in [0.4, 0.5) is 0 Å². The molecule has 1 aromatic carbocycles. The van der Waals surface area contributed by atoms with Crippen molar-refractivity contribution in [3.05, 3.63) is 72.2 Å². The van der Waals surface area contributed by atoms with Crippen LogP contribution < -0.4 is 5.32 Å². The number of aromatic nitrogens is 3. The van der Waals surface area contributed by atoms with E-state index in [0.29, 0.717) is 5.92 Å². The Balaban J connectivity index is 1.52. The molecule has 0 saturated carbocycles. The zero-order valence-electron chi connectivity index (χ0n) is 16.4. The molecular formula is C24H22N4O. The number of benzene rings is 1. The summed E-state index contributed by atoms with van der Waals surface area (Å²) < 4.78 is 0. The molecule has 0 aliphatic carbocycles. The van der Waals surface area contributed by atoms with Crippen molar-refractivity contribution >= 4 is 16.8 Å². The number of hydrogen-bond acceptors (Lipinski definition) is 3. The van der Waals surface area contributed by atoms with Crippen molar-refractivity contribution in [1.82, 2.24) is 20.3 Å². The van der Waals surface area contributed by atoms with Crippen LogP contribution in [0.2, 0.25) is 0 Å². The van der Waals surface area contributed by atoms with Crippen LogP contribution >= 0.6 is 0 Å². The zero-order chi connectivity index (χ0) is 20.0. The van der Waals surface area contributed by atoms with Gasteiger partial charge in [0, 0.05) is 52.8 Å². The number of rotatable bonds is 3. The van der Waals surface area contributed by atoms with Gasteiger partial charge in [-0.1, -0.05) is 32.0 Å². The Kier molecular flexibility index (Phi) is 4.16. The maximum Gasteiger partial charge on any atom is 0.253 e. The molecule has 4 aromatic rings. The molecule has 1 aliphatic rings. The molecule has 0 bridgehead atoms. The van der Waals surface area contributed by atoms with Crippen LogP contribution in [0.1, 0.15) is 29.9 Å². The topological polar surface area (TPSA) is 70.7 Å². The van der Waals surface area contributed by atoms with Gasteiger partial charge in [0.15, 0.2) is 0 Å². The second kappa shape index (κ2) is 6.85. The molecule has 0 radical (unpaired) electrons. The number of carbonyl (C=O) groups excluding carboxylic acids is 1. The van der Waals surface area contributed by atoms with E-state index in [0.717, 1.165) is 51.1 Å². The van der Waals surface area contributed by atoms with Crippen molar-refractivity contribution in [2.24, 2.45) is 5.92 Å². The van der Waals surface area contributed by atoms with E-state index < -0.39 is 0 Å². The van der Waals surface area contributed by atoms with E-state index in [2.05, 4.69) is 46.2 Å². The number of H-pyrrole nitrogens is 1. The van der Waals surface area contributed by atoms with E-state index in [1.54, 1.807) is 6.20 Å². The van der Waals surface area contributed by atoms with Gasteiger partial charge in [-0.3, -0.25) is 14.8 Å². The van der Waals surface area contributed by atoms with E-state index in [9.17, 15) is 4.79 Å². The summed E-state index contributed by atoms with van der Waals surface area (Å²) in [6, 6.07) is 16.3. The summed E-state index contributed by atoms with van der Waals surface area (Å²) in [6.07, 6.45) is 4.48. The fourth-order valence-corrected chi connectivity index (χ4v) is 3.90. The normalized spacial score (nSPS) is 16.1. The third-order valence-corrected chi connectivity index (χ3v) is 5.65. The number of aromatic amines is 1. The van der Waals surface area contributed by atoms with Crippen molar-refractivity contribution < 1.29 is 4.79 Å². The van der Waals surface area contributed by atoms with E-state index in [-0.39, 0.29) is 11.9 Å². The molecule has 1 unspecified atom stereocenters. The van der Waals surface area contributed by atoms with Gasteiger partial charge in [-0.2, -0.15) is 0 Å². The Morgan fingerprint density at radius 1 is 1.03 bits per heavy atom. The van der Waals surface area contributed by atoms with Crippen LogP contribution in [0.3, 0.4) is 0 Å². The van der Waals surface area contributed by atoms with Crippen LogP contribution in [-0.4, -0.2) is 26.9 Å². The molecule has 1 aliphatic heterocycles. The first kappa shape index (κ1) is 17.6. The van der Waals surface area contributed by atoms with Gasteiger partial charge in [0.25, 0.3) is 5.91 Å². The lowest BCUT2D eigenvalue weighted by molar-refractivity contribution is 0.0912. The molecule has 4 heterocycles. The number of nitrogens with zero attached hydrogens (tertiary/aromatic N) is 2. The molecule has 5 nitrogen and oxygen atoms in total. The summed E-state index contributed by atoms with van der Waals surface area (Å²) in [4.78, 5) is 25.1. The number of fused-ring (bicyclic) bond motifs is 2. The molecule has 0 spiro atoms. The highest BCUT2D eigenvalue weighted by Crippen LogP contribution is 2.29. The van der Waals surface area contributed by atoms with Crippen LogP contribution in [0.25, 0.3) is 33.4 Å². The average Bonchev–Trinajstić information content (AvgIpc) is 3.18. The second-order valence-electron chi connectivity index (χ2n) is 7.95. The maximum atomic E-state index is 12.5. The quantitative estimate of drug-likeness (QED) is 0.544. The predicted octanol–water partition coefficient (Wildman–Crippen LogP) is 4.60. The molecule has 0 fully saturated rings. The lowest BCUT2D eigenvalue weighted by atomic mass is 9.94. The SMILES string of the molecule is CC(C)C1Cc2[nH]c(-c3ccnc(-c4cnc5ccccc5c4)c3)cc2C(=O)N1. The van der Waals surface area contributed by atoms with E-state index >= 15 is 0 Å². The summed E-state index contributed by atoms with van der Waals surface area (Å²) in [6.45, 7) is 4.26. The minimum atomic E-state index is 0.000425. The smallest absolute Gasteiger partial charge is 0.253 e. The average molecular weight is 382 g/mol. The zero-order valence-corrected chi connectivity index (χ0v) is 16.4. The first-order valence-corrected chi connectivity index (χ1v) is 9.93. The fraction of sp³-hybridized carbons (Fsp3) is 0.208. The molecule has 5 heteroatoms.